The number of aliphatic imine (C=N–C) groups is 1. The van der Waals surface area contributed by atoms with Gasteiger partial charge in [0.1, 0.15) is 6.61 Å². The number of hydrogen-bond donors (Lipinski definition) is 2. The summed E-state index contributed by atoms with van der Waals surface area (Å²) in [7, 11) is 0. The minimum Gasteiger partial charge on any atom is -0.445 e. The van der Waals surface area contributed by atoms with Crippen molar-refractivity contribution in [2.75, 3.05) is 31.7 Å². The van der Waals surface area contributed by atoms with Gasteiger partial charge in [0.2, 0.25) is 5.96 Å². The number of carbonyl (C=O) groups is 1. The third-order valence-corrected chi connectivity index (χ3v) is 5.40. The number of guanidine groups is 1. The van der Waals surface area contributed by atoms with Crippen LogP contribution in [0.3, 0.4) is 0 Å². The molecule has 1 aliphatic rings. The number of anilines is 1. The van der Waals surface area contributed by atoms with Crippen LogP contribution in [-0.2, 0) is 14.2 Å². The van der Waals surface area contributed by atoms with E-state index in [4.69, 9.17) is 14.2 Å². The summed E-state index contributed by atoms with van der Waals surface area (Å²) >= 11 is 0. The number of nitrogens with zero attached hydrogens (tertiary/aromatic N) is 1. The highest BCUT2D eigenvalue weighted by atomic mass is 16.7. The maximum Gasteiger partial charge on any atom is 0.414 e. The Morgan fingerprint density at radius 3 is 2.24 bits per heavy atom. The van der Waals surface area contributed by atoms with Gasteiger partial charge in [0.05, 0.1) is 13.2 Å². The quantitative estimate of drug-likeness (QED) is 0.139. The lowest BCUT2D eigenvalue weighted by atomic mass is 10.1. The Kier molecular flexibility index (Phi) is 14.0. The van der Waals surface area contributed by atoms with Gasteiger partial charge in [-0.1, -0.05) is 89.5 Å². The molecule has 33 heavy (non-hydrogen) atoms. The fourth-order valence-corrected chi connectivity index (χ4v) is 3.58. The fourth-order valence-electron chi connectivity index (χ4n) is 3.58. The van der Waals surface area contributed by atoms with Gasteiger partial charge in [0.15, 0.2) is 6.29 Å². The maximum atomic E-state index is 12.0. The van der Waals surface area contributed by atoms with Crippen LogP contribution in [0.25, 0.3) is 0 Å². The van der Waals surface area contributed by atoms with Crippen molar-refractivity contribution in [2.45, 2.75) is 77.4 Å². The fraction of sp³-hybridized carbons (Fsp3) is 0.615. The number of alkyl carbamates (subject to hydrolysis) is 1. The summed E-state index contributed by atoms with van der Waals surface area (Å²) in [6, 6.07) is 7.70. The standard InChI is InChI=1S/C26H41N3O4/c1-3-5-6-7-8-9-10-11-12-13-18-27-25(29-26(30)33-19-4-2)28-23-16-14-22(15-17-23)24-31-20-21-32-24/h4,14-17,24H,2-3,5-13,18-21H2,1H3,(H2,27,28,29,30). The zero-order valence-electron chi connectivity index (χ0n) is 20.2. The van der Waals surface area contributed by atoms with E-state index in [-0.39, 0.29) is 12.9 Å². The molecule has 2 rings (SSSR count). The van der Waals surface area contributed by atoms with Crippen LogP contribution in [0.15, 0.2) is 41.9 Å². The van der Waals surface area contributed by atoms with Crippen LogP contribution in [0, 0.1) is 0 Å². The van der Waals surface area contributed by atoms with Crippen molar-refractivity contribution in [3.05, 3.63) is 42.5 Å². The molecule has 7 heteroatoms. The van der Waals surface area contributed by atoms with Crippen molar-refractivity contribution in [3.63, 3.8) is 0 Å². The Bertz CT molecular complexity index is 700. The zero-order chi connectivity index (χ0) is 23.6. The molecule has 0 bridgehead atoms. The predicted molar refractivity (Wildman–Crippen MR) is 134 cm³/mol. The molecule has 1 aliphatic heterocycles. The normalized spacial score (nSPS) is 14.3. The van der Waals surface area contributed by atoms with E-state index in [0.717, 1.165) is 24.1 Å². The second kappa shape index (κ2) is 17.1. The lowest BCUT2D eigenvalue weighted by molar-refractivity contribution is -0.0441. The van der Waals surface area contributed by atoms with Crippen LogP contribution in [0.2, 0.25) is 0 Å². The smallest absolute Gasteiger partial charge is 0.414 e. The van der Waals surface area contributed by atoms with Gasteiger partial charge in [-0.2, -0.15) is 0 Å². The number of rotatable bonds is 15. The summed E-state index contributed by atoms with van der Waals surface area (Å²) in [6.45, 7) is 7.81. The first kappa shape index (κ1) is 26.9. The van der Waals surface area contributed by atoms with Gasteiger partial charge in [0.25, 0.3) is 0 Å². The molecule has 1 amide bonds. The van der Waals surface area contributed by atoms with E-state index < -0.39 is 6.09 Å². The molecule has 1 saturated heterocycles. The average Bonchev–Trinajstić information content (AvgIpc) is 3.36. The minimum absolute atomic E-state index is 0.146. The molecule has 0 unspecified atom stereocenters. The van der Waals surface area contributed by atoms with Gasteiger partial charge in [0, 0.05) is 17.8 Å². The Hall–Kier alpha value is -2.38. The summed E-state index contributed by atoms with van der Waals surface area (Å²) in [4.78, 5) is 16.6. The highest BCUT2D eigenvalue weighted by Gasteiger charge is 2.18. The first-order chi connectivity index (χ1) is 16.2. The second-order valence-electron chi connectivity index (χ2n) is 8.24. The molecule has 1 fully saturated rings. The van der Waals surface area contributed by atoms with Crippen LogP contribution in [-0.4, -0.2) is 38.4 Å². The van der Waals surface area contributed by atoms with Crippen molar-refractivity contribution in [2.24, 2.45) is 4.99 Å². The van der Waals surface area contributed by atoms with Gasteiger partial charge in [-0.25, -0.2) is 4.79 Å². The number of benzene rings is 1. The Morgan fingerprint density at radius 1 is 1.03 bits per heavy atom. The molecular weight excluding hydrogens is 418 g/mol. The highest BCUT2D eigenvalue weighted by molar-refractivity contribution is 6.02. The van der Waals surface area contributed by atoms with Crippen molar-refractivity contribution >= 4 is 17.7 Å². The molecule has 2 N–H and O–H groups in total. The number of ether oxygens (including phenoxy) is 3. The molecule has 0 spiro atoms. The average molecular weight is 460 g/mol. The largest absolute Gasteiger partial charge is 0.445 e. The summed E-state index contributed by atoms with van der Waals surface area (Å²) < 4.78 is 16.1. The van der Waals surface area contributed by atoms with E-state index in [9.17, 15) is 4.79 Å². The molecule has 7 nitrogen and oxygen atoms in total. The van der Waals surface area contributed by atoms with E-state index in [1.165, 1.54) is 57.4 Å². The third kappa shape index (κ3) is 11.9. The first-order valence-electron chi connectivity index (χ1n) is 12.4. The number of carbonyl (C=O) groups excluding carboxylic acids is 1. The maximum absolute atomic E-state index is 12.0. The summed E-state index contributed by atoms with van der Waals surface area (Å²) in [5.74, 6) is 0.376. The van der Waals surface area contributed by atoms with Crippen LogP contribution in [0.5, 0.6) is 0 Å². The molecule has 1 heterocycles. The highest BCUT2D eigenvalue weighted by Crippen LogP contribution is 2.24. The topological polar surface area (TPSA) is 81.2 Å². The molecule has 0 radical (unpaired) electrons. The Morgan fingerprint density at radius 2 is 1.64 bits per heavy atom. The molecular formula is C26H41N3O4. The summed E-state index contributed by atoms with van der Waals surface area (Å²) in [5, 5.41) is 5.86. The van der Waals surface area contributed by atoms with Gasteiger partial charge < -0.3 is 19.5 Å². The van der Waals surface area contributed by atoms with Crippen molar-refractivity contribution in [1.82, 2.24) is 5.32 Å². The molecule has 0 aromatic heterocycles. The van der Waals surface area contributed by atoms with E-state index in [1.807, 2.05) is 24.3 Å². The van der Waals surface area contributed by atoms with Crippen LogP contribution in [0.1, 0.15) is 83.0 Å². The number of hydrogen-bond acceptors (Lipinski definition) is 5. The molecule has 1 aromatic rings. The summed E-state index contributed by atoms with van der Waals surface area (Å²) in [5.41, 5.74) is 1.77. The van der Waals surface area contributed by atoms with Gasteiger partial charge in [-0.05, 0) is 18.6 Å². The van der Waals surface area contributed by atoms with Gasteiger partial charge >= 0.3 is 6.09 Å². The molecule has 0 aliphatic carbocycles. The monoisotopic (exact) mass is 459 g/mol. The summed E-state index contributed by atoms with van der Waals surface area (Å²) in [6.07, 6.45) is 13.4. The van der Waals surface area contributed by atoms with E-state index in [0.29, 0.717) is 25.7 Å². The molecule has 0 saturated carbocycles. The Balaban J connectivity index is 1.76. The third-order valence-electron chi connectivity index (χ3n) is 5.40. The number of amides is 1. The predicted octanol–water partition coefficient (Wildman–Crippen LogP) is 6.33. The lowest BCUT2D eigenvalue weighted by Gasteiger charge is -2.13. The van der Waals surface area contributed by atoms with Crippen LogP contribution in [0.4, 0.5) is 10.5 Å². The molecule has 184 valence electrons. The second-order valence-corrected chi connectivity index (χ2v) is 8.24. The molecule has 1 aromatic carbocycles. The Labute approximate surface area is 199 Å². The van der Waals surface area contributed by atoms with Crippen molar-refractivity contribution in [1.29, 1.82) is 0 Å². The van der Waals surface area contributed by atoms with Crippen molar-refractivity contribution < 1.29 is 19.0 Å². The van der Waals surface area contributed by atoms with Crippen LogP contribution < -0.4 is 10.6 Å². The van der Waals surface area contributed by atoms with Gasteiger partial charge in [-0.15, -0.1) is 0 Å². The van der Waals surface area contributed by atoms with E-state index >= 15 is 0 Å². The van der Waals surface area contributed by atoms with E-state index in [1.54, 1.807) is 0 Å². The van der Waals surface area contributed by atoms with Crippen molar-refractivity contribution in [3.8, 4) is 0 Å². The minimum atomic E-state index is -0.561. The number of nitrogens with one attached hydrogen (secondary N) is 2. The lowest BCUT2D eigenvalue weighted by Crippen LogP contribution is -2.36. The first-order valence-corrected chi connectivity index (χ1v) is 12.4. The van der Waals surface area contributed by atoms with E-state index in [2.05, 4.69) is 29.1 Å². The van der Waals surface area contributed by atoms with Gasteiger partial charge in [-0.3, -0.25) is 10.3 Å². The zero-order valence-corrected chi connectivity index (χ0v) is 20.2. The number of unbranched alkanes of at least 4 members (excludes halogenated alkanes) is 9. The molecule has 0 atom stereocenters. The van der Waals surface area contributed by atoms with Crippen LogP contribution >= 0.6 is 0 Å². The SMILES string of the molecule is C=CCOC(=O)NC(=NCCCCCCCCCCCC)Nc1ccc(C2OCCO2)cc1.